The van der Waals surface area contributed by atoms with E-state index in [0.29, 0.717) is 32.1 Å². The number of hydrogen-bond acceptors (Lipinski definition) is 3. The van der Waals surface area contributed by atoms with E-state index in [2.05, 4.69) is 15.9 Å². The standard InChI is InChI=1S/C15H13BrClFO3/c1-20-14-6-12(17)4-10(7-19)15(14)21-8-9-2-11(16)5-13(18)3-9/h2-6,19H,7-8H2,1H3. The number of methoxy groups -OCH3 is 1. The molecule has 112 valence electrons. The Labute approximate surface area is 135 Å². The van der Waals surface area contributed by atoms with Crippen LogP contribution in [0.3, 0.4) is 0 Å². The van der Waals surface area contributed by atoms with E-state index in [-0.39, 0.29) is 19.0 Å². The van der Waals surface area contributed by atoms with Gasteiger partial charge in [0.2, 0.25) is 0 Å². The van der Waals surface area contributed by atoms with Gasteiger partial charge >= 0.3 is 0 Å². The second-order valence-corrected chi connectivity index (χ2v) is 5.67. The van der Waals surface area contributed by atoms with Gasteiger partial charge in [0.25, 0.3) is 0 Å². The predicted molar refractivity (Wildman–Crippen MR) is 82.4 cm³/mol. The normalized spacial score (nSPS) is 10.5. The molecule has 2 rings (SSSR count). The molecule has 0 saturated carbocycles. The lowest BCUT2D eigenvalue weighted by Crippen LogP contribution is -2.02. The zero-order chi connectivity index (χ0) is 15.4. The molecule has 0 saturated heterocycles. The highest BCUT2D eigenvalue weighted by atomic mass is 79.9. The second-order valence-electron chi connectivity index (χ2n) is 4.32. The molecule has 6 heteroatoms. The molecule has 0 aliphatic carbocycles. The van der Waals surface area contributed by atoms with Crippen molar-refractivity contribution in [3.8, 4) is 11.5 Å². The maximum atomic E-state index is 13.3. The topological polar surface area (TPSA) is 38.7 Å². The van der Waals surface area contributed by atoms with Crippen LogP contribution in [0, 0.1) is 5.82 Å². The van der Waals surface area contributed by atoms with Crippen molar-refractivity contribution < 1.29 is 19.0 Å². The fraction of sp³-hybridized carbons (Fsp3) is 0.200. The molecule has 0 heterocycles. The van der Waals surface area contributed by atoms with Crippen molar-refractivity contribution in [1.29, 1.82) is 0 Å². The number of hydrogen-bond donors (Lipinski definition) is 1. The summed E-state index contributed by atoms with van der Waals surface area (Å²) in [6, 6.07) is 7.69. The maximum absolute atomic E-state index is 13.3. The van der Waals surface area contributed by atoms with Crippen molar-refractivity contribution in [2.75, 3.05) is 7.11 Å². The summed E-state index contributed by atoms with van der Waals surface area (Å²) in [5.74, 6) is 0.459. The summed E-state index contributed by atoms with van der Waals surface area (Å²) in [7, 11) is 1.48. The lowest BCUT2D eigenvalue weighted by atomic mass is 10.2. The van der Waals surface area contributed by atoms with Gasteiger partial charge in [-0.15, -0.1) is 0 Å². The molecule has 3 nitrogen and oxygen atoms in total. The molecule has 0 amide bonds. The van der Waals surface area contributed by atoms with Crippen molar-refractivity contribution in [2.45, 2.75) is 13.2 Å². The Morgan fingerprint density at radius 3 is 2.62 bits per heavy atom. The number of aliphatic hydroxyl groups is 1. The maximum Gasteiger partial charge on any atom is 0.167 e. The van der Waals surface area contributed by atoms with Gasteiger partial charge in [0.1, 0.15) is 12.4 Å². The van der Waals surface area contributed by atoms with Crippen LogP contribution in [0.1, 0.15) is 11.1 Å². The van der Waals surface area contributed by atoms with Gasteiger partial charge in [-0.2, -0.15) is 0 Å². The van der Waals surface area contributed by atoms with Crippen molar-refractivity contribution in [2.24, 2.45) is 0 Å². The SMILES string of the molecule is COc1cc(Cl)cc(CO)c1OCc1cc(F)cc(Br)c1. The van der Waals surface area contributed by atoms with Crippen molar-refractivity contribution in [1.82, 2.24) is 0 Å². The molecule has 0 radical (unpaired) electrons. The fourth-order valence-electron chi connectivity index (χ4n) is 1.91. The van der Waals surface area contributed by atoms with Crippen LogP contribution in [0.2, 0.25) is 5.02 Å². The van der Waals surface area contributed by atoms with Gasteiger partial charge in [-0.3, -0.25) is 0 Å². The van der Waals surface area contributed by atoms with Crippen LogP contribution in [-0.2, 0) is 13.2 Å². The van der Waals surface area contributed by atoms with Gasteiger partial charge in [-0.05, 0) is 29.8 Å². The lowest BCUT2D eigenvalue weighted by molar-refractivity contribution is 0.249. The van der Waals surface area contributed by atoms with Crippen LogP contribution in [0.4, 0.5) is 4.39 Å². The van der Waals surface area contributed by atoms with Gasteiger partial charge < -0.3 is 14.6 Å². The Hall–Kier alpha value is -1.30. The zero-order valence-electron chi connectivity index (χ0n) is 11.2. The Morgan fingerprint density at radius 2 is 2.00 bits per heavy atom. The van der Waals surface area contributed by atoms with Crippen LogP contribution >= 0.6 is 27.5 Å². The Bertz CT molecular complexity index is 604. The molecule has 0 bridgehead atoms. The first-order chi connectivity index (χ1) is 10.0. The van der Waals surface area contributed by atoms with E-state index in [0.717, 1.165) is 0 Å². The molecule has 0 spiro atoms. The molecule has 2 aromatic carbocycles. The van der Waals surface area contributed by atoms with Crippen molar-refractivity contribution in [3.63, 3.8) is 0 Å². The first-order valence-electron chi connectivity index (χ1n) is 6.08. The smallest absolute Gasteiger partial charge is 0.167 e. The summed E-state index contributed by atoms with van der Waals surface area (Å²) in [5, 5.41) is 9.83. The van der Waals surface area contributed by atoms with Gasteiger partial charge in [0, 0.05) is 21.1 Å². The lowest BCUT2D eigenvalue weighted by Gasteiger charge is -2.15. The number of rotatable bonds is 5. The third-order valence-electron chi connectivity index (χ3n) is 2.79. The number of halogens is 3. The molecule has 0 fully saturated rings. The minimum Gasteiger partial charge on any atom is -0.493 e. The summed E-state index contributed by atoms with van der Waals surface area (Å²) >= 11 is 9.16. The molecule has 21 heavy (non-hydrogen) atoms. The predicted octanol–water partition coefficient (Wildman–Crippen LogP) is 4.32. The first-order valence-corrected chi connectivity index (χ1v) is 7.25. The van der Waals surface area contributed by atoms with Gasteiger partial charge in [-0.1, -0.05) is 27.5 Å². The van der Waals surface area contributed by atoms with E-state index >= 15 is 0 Å². The summed E-state index contributed by atoms with van der Waals surface area (Å²) in [5.41, 5.74) is 1.16. The quantitative estimate of drug-likeness (QED) is 0.846. The minimum atomic E-state index is -0.353. The van der Waals surface area contributed by atoms with Crippen LogP contribution in [0.25, 0.3) is 0 Å². The molecule has 1 N–H and O–H groups in total. The van der Waals surface area contributed by atoms with E-state index in [9.17, 15) is 9.50 Å². The van der Waals surface area contributed by atoms with E-state index in [1.165, 1.54) is 19.2 Å². The summed E-state index contributed by atoms with van der Waals surface area (Å²) in [6.45, 7) is -0.0968. The molecule has 0 aromatic heterocycles. The molecule has 0 aliphatic heterocycles. The van der Waals surface area contributed by atoms with Crippen LogP contribution in [-0.4, -0.2) is 12.2 Å². The molecule has 2 aromatic rings. The number of ether oxygens (including phenoxy) is 2. The Morgan fingerprint density at radius 1 is 1.24 bits per heavy atom. The number of aliphatic hydroxyl groups excluding tert-OH is 1. The Kier molecular flexibility index (Phi) is 5.45. The monoisotopic (exact) mass is 374 g/mol. The Balaban J connectivity index is 2.26. The van der Waals surface area contributed by atoms with Crippen LogP contribution in [0.15, 0.2) is 34.8 Å². The third-order valence-corrected chi connectivity index (χ3v) is 3.47. The largest absolute Gasteiger partial charge is 0.493 e. The first kappa shape index (κ1) is 16.1. The summed E-state index contributed by atoms with van der Waals surface area (Å²) in [4.78, 5) is 0. The minimum absolute atomic E-state index is 0.140. The van der Waals surface area contributed by atoms with Crippen molar-refractivity contribution >= 4 is 27.5 Å². The van der Waals surface area contributed by atoms with Crippen molar-refractivity contribution in [3.05, 3.63) is 56.8 Å². The van der Waals surface area contributed by atoms with Gasteiger partial charge in [0.15, 0.2) is 11.5 Å². The second kappa shape index (κ2) is 7.11. The van der Waals surface area contributed by atoms with E-state index in [1.807, 2.05) is 0 Å². The highest BCUT2D eigenvalue weighted by molar-refractivity contribution is 9.10. The third kappa shape index (κ3) is 4.09. The van der Waals surface area contributed by atoms with E-state index < -0.39 is 0 Å². The number of benzene rings is 2. The fourth-order valence-corrected chi connectivity index (χ4v) is 2.65. The molecule has 0 atom stereocenters. The highest BCUT2D eigenvalue weighted by Gasteiger charge is 2.13. The molecular formula is C15H13BrClFO3. The van der Waals surface area contributed by atoms with Crippen LogP contribution < -0.4 is 9.47 Å². The van der Waals surface area contributed by atoms with Gasteiger partial charge in [0.05, 0.1) is 13.7 Å². The summed E-state index contributed by atoms with van der Waals surface area (Å²) < 4.78 is 24.8. The molecular weight excluding hydrogens is 363 g/mol. The van der Waals surface area contributed by atoms with E-state index in [4.69, 9.17) is 21.1 Å². The average molecular weight is 376 g/mol. The van der Waals surface area contributed by atoms with Crippen LogP contribution in [0.5, 0.6) is 11.5 Å². The summed E-state index contributed by atoms with van der Waals surface area (Å²) in [6.07, 6.45) is 0. The van der Waals surface area contributed by atoms with E-state index in [1.54, 1.807) is 18.2 Å². The average Bonchev–Trinajstić information content (AvgIpc) is 2.43. The van der Waals surface area contributed by atoms with Gasteiger partial charge in [-0.25, -0.2) is 4.39 Å². The zero-order valence-corrected chi connectivity index (χ0v) is 13.5. The highest BCUT2D eigenvalue weighted by Crippen LogP contribution is 2.35. The molecule has 0 unspecified atom stereocenters. The molecule has 0 aliphatic rings.